The van der Waals surface area contributed by atoms with Gasteiger partial charge < -0.3 is 15.5 Å². The molecule has 2 aliphatic heterocycles. The molecule has 5 nitrogen and oxygen atoms in total. The average Bonchev–Trinajstić information content (AvgIpc) is 3.06. The molecule has 4 rings (SSSR count). The minimum Gasteiger partial charge on any atom is -0.339 e. The predicted molar refractivity (Wildman–Crippen MR) is 97.6 cm³/mol. The number of aryl methyl sites for hydroxylation is 1. The highest BCUT2D eigenvalue weighted by Crippen LogP contribution is 2.58. The molecule has 2 N–H and O–H groups in total. The van der Waals surface area contributed by atoms with Gasteiger partial charge in [-0.3, -0.25) is 9.59 Å². The van der Waals surface area contributed by atoms with Crippen molar-refractivity contribution in [3.63, 3.8) is 0 Å². The molecule has 134 valence electrons. The molecule has 5 heteroatoms. The first kappa shape index (κ1) is 16.6. The zero-order chi connectivity index (χ0) is 17.4. The Morgan fingerprint density at radius 2 is 1.92 bits per heavy atom. The molecular weight excluding hydrogens is 314 g/mol. The topological polar surface area (TPSA) is 61.4 Å². The van der Waals surface area contributed by atoms with Crippen molar-refractivity contribution < 1.29 is 9.59 Å². The molecule has 1 aromatic carbocycles. The molecule has 0 bridgehead atoms. The zero-order valence-corrected chi connectivity index (χ0v) is 14.9. The Kier molecular flexibility index (Phi) is 4.28. The minimum absolute atomic E-state index is 0.0540. The van der Waals surface area contributed by atoms with E-state index in [2.05, 4.69) is 10.6 Å². The molecule has 0 radical (unpaired) electrons. The van der Waals surface area contributed by atoms with Gasteiger partial charge in [-0.15, -0.1) is 0 Å². The number of amides is 2. The standard InChI is InChI=1S/C20H27N3O2/c1-14-5-4-6-16(17(14)19(25)23-11-2-3-12-23)22-18(24)15-13-20(15)7-9-21-10-8-20/h4-6,15,21H,2-3,7-13H2,1H3,(H,22,24). The Morgan fingerprint density at radius 1 is 1.20 bits per heavy atom. The van der Waals surface area contributed by atoms with Gasteiger partial charge in [0.15, 0.2) is 0 Å². The molecule has 3 aliphatic rings. The van der Waals surface area contributed by atoms with Gasteiger partial charge in [-0.25, -0.2) is 0 Å². The summed E-state index contributed by atoms with van der Waals surface area (Å²) in [6.45, 7) is 5.60. The SMILES string of the molecule is Cc1cccc(NC(=O)C2CC23CCNCC3)c1C(=O)N1CCCC1. The molecule has 2 heterocycles. The Balaban J connectivity index is 1.51. The number of nitrogens with zero attached hydrogens (tertiary/aromatic N) is 1. The maximum Gasteiger partial charge on any atom is 0.256 e. The van der Waals surface area contributed by atoms with Crippen molar-refractivity contribution in [3.8, 4) is 0 Å². The summed E-state index contributed by atoms with van der Waals surface area (Å²) in [6.07, 6.45) is 5.29. The highest BCUT2D eigenvalue weighted by atomic mass is 16.2. The van der Waals surface area contributed by atoms with E-state index in [4.69, 9.17) is 0 Å². The maximum absolute atomic E-state index is 12.9. The summed E-state index contributed by atoms with van der Waals surface area (Å²) < 4.78 is 0. The van der Waals surface area contributed by atoms with Crippen LogP contribution < -0.4 is 10.6 Å². The fraction of sp³-hybridized carbons (Fsp3) is 0.600. The van der Waals surface area contributed by atoms with Crippen molar-refractivity contribution in [2.45, 2.75) is 39.0 Å². The number of hydrogen-bond donors (Lipinski definition) is 2. The highest BCUT2D eigenvalue weighted by molar-refractivity contribution is 6.06. The molecule has 3 fully saturated rings. The third kappa shape index (κ3) is 3.06. The molecule has 0 aromatic heterocycles. The smallest absolute Gasteiger partial charge is 0.256 e. The van der Waals surface area contributed by atoms with E-state index in [1.54, 1.807) is 0 Å². The number of carbonyl (C=O) groups is 2. The Morgan fingerprint density at radius 3 is 2.64 bits per heavy atom. The van der Waals surface area contributed by atoms with Crippen LogP contribution in [-0.4, -0.2) is 42.9 Å². The number of carbonyl (C=O) groups excluding carboxylic acids is 2. The summed E-state index contributed by atoms with van der Waals surface area (Å²) in [5.41, 5.74) is 2.48. The molecule has 1 unspecified atom stereocenters. The van der Waals surface area contributed by atoms with Gasteiger partial charge in [0.1, 0.15) is 0 Å². The summed E-state index contributed by atoms with van der Waals surface area (Å²) in [4.78, 5) is 27.6. The van der Waals surface area contributed by atoms with Crippen LogP contribution in [-0.2, 0) is 4.79 Å². The fourth-order valence-corrected chi connectivity index (χ4v) is 4.55. The van der Waals surface area contributed by atoms with Crippen molar-refractivity contribution in [1.82, 2.24) is 10.2 Å². The van der Waals surface area contributed by atoms with Crippen molar-refractivity contribution in [2.75, 3.05) is 31.5 Å². The van der Waals surface area contributed by atoms with Gasteiger partial charge >= 0.3 is 0 Å². The number of piperidine rings is 1. The van der Waals surface area contributed by atoms with Crippen molar-refractivity contribution >= 4 is 17.5 Å². The van der Waals surface area contributed by atoms with Gasteiger partial charge in [-0.1, -0.05) is 12.1 Å². The average molecular weight is 341 g/mol. The van der Waals surface area contributed by atoms with Crippen LogP contribution in [0, 0.1) is 18.3 Å². The van der Waals surface area contributed by atoms with Gasteiger partial charge in [0.25, 0.3) is 5.91 Å². The predicted octanol–water partition coefficient (Wildman–Crippen LogP) is 2.56. The Labute approximate surface area is 149 Å². The lowest BCUT2D eigenvalue weighted by Crippen LogP contribution is -2.32. The third-order valence-electron chi connectivity index (χ3n) is 6.24. The monoisotopic (exact) mass is 341 g/mol. The number of benzene rings is 1. The van der Waals surface area contributed by atoms with Crippen LogP contribution in [0.1, 0.15) is 48.0 Å². The molecule has 1 aromatic rings. The lowest BCUT2D eigenvalue weighted by molar-refractivity contribution is -0.118. The summed E-state index contributed by atoms with van der Waals surface area (Å²) in [5.74, 6) is 0.242. The van der Waals surface area contributed by atoms with Crippen molar-refractivity contribution in [3.05, 3.63) is 29.3 Å². The lowest BCUT2D eigenvalue weighted by atomic mass is 9.91. The first-order chi connectivity index (χ1) is 12.1. The molecule has 2 saturated heterocycles. The van der Waals surface area contributed by atoms with Crippen molar-refractivity contribution in [1.29, 1.82) is 0 Å². The van der Waals surface area contributed by atoms with E-state index in [0.717, 1.165) is 63.8 Å². The number of rotatable bonds is 3. The summed E-state index contributed by atoms with van der Waals surface area (Å²) >= 11 is 0. The van der Waals surface area contributed by atoms with Crippen molar-refractivity contribution in [2.24, 2.45) is 11.3 Å². The van der Waals surface area contributed by atoms with Crippen LogP contribution in [0.5, 0.6) is 0 Å². The van der Waals surface area contributed by atoms with E-state index in [-0.39, 0.29) is 23.1 Å². The van der Waals surface area contributed by atoms with Crippen LogP contribution in [0.25, 0.3) is 0 Å². The summed E-state index contributed by atoms with van der Waals surface area (Å²) in [5, 5.41) is 6.45. The van der Waals surface area contributed by atoms with Crippen LogP contribution in [0.2, 0.25) is 0 Å². The normalized spacial score (nSPS) is 24.4. The van der Waals surface area contributed by atoms with Gasteiger partial charge in [0, 0.05) is 19.0 Å². The fourth-order valence-electron chi connectivity index (χ4n) is 4.55. The van der Waals surface area contributed by atoms with Crippen LogP contribution in [0.15, 0.2) is 18.2 Å². The largest absolute Gasteiger partial charge is 0.339 e. The molecule has 1 spiro atoms. The molecular formula is C20H27N3O2. The Bertz CT molecular complexity index is 688. The summed E-state index contributed by atoms with van der Waals surface area (Å²) in [7, 11) is 0. The first-order valence-corrected chi connectivity index (χ1v) is 9.51. The van der Waals surface area contributed by atoms with Gasteiger partial charge in [-0.05, 0) is 69.2 Å². The van der Waals surface area contributed by atoms with E-state index >= 15 is 0 Å². The third-order valence-corrected chi connectivity index (χ3v) is 6.24. The second-order valence-electron chi connectivity index (χ2n) is 7.86. The number of hydrogen-bond acceptors (Lipinski definition) is 3. The second-order valence-corrected chi connectivity index (χ2v) is 7.86. The lowest BCUT2D eigenvalue weighted by Gasteiger charge is -2.23. The van der Waals surface area contributed by atoms with E-state index in [9.17, 15) is 9.59 Å². The molecule has 1 saturated carbocycles. The van der Waals surface area contributed by atoms with E-state index in [1.165, 1.54) is 0 Å². The quantitative estimate of drug-likeness (QED) is 0.888. The first-order valence-electron chi connectivity index (χ1n) is 9.51. The van der Waals surface area contributed by atoms with E-state index in [1.807, 2.05) is 30.0 Å². The summed E-state index contributed by atoms with van der Waals surface area (Å²) in [6, 6.07) is 5.73. The molecule has 1 atom stereocenters. The Hall–Kier alpha value is -1.88. The van der Waals surface area contributed by atoms with Gasteiger partial charge in [-0.2, -0.15) is 0 Å². The maximum atomic E-state index is 12.9. The number of likely N-dealkylation sites (tertiary alicyclic amines) is 1. The van der Waals surface area contributed by atoms with Gasteiger partial charge in [0.05, 0.1) is 11.3 Å². The van der Waals surface area contributed by atoms with Crippen LogP contribution in [0.3, 0.4) is 0 Å². The highest BCUT2D eigenvalue weighted by Gasteiger charge is 2.57. The number of nitrogens with one attached hydrogen (secondary N) is 2. The van der Waals surface area contributed by atoms with Crippen LogP contribution in [0.4, 0.5) is 5.69 Å². The second kappa shape index (κ2) is 6.45. The van der Waals surface area contributed by atoms with Gasteiger partial charge in [0.2, 0.25) is 5.91 Å². The van der Waals surface area contributed by atoms with Crippen LogP contribution >= 0.6 is 0 Å². The molecule has 2 amide bonds. The molecule has 1 aliphatic carbocycles. The van der Waals surface area contributed by atoms with E-state index < -0.39 is 0 Å². The minimum atomic E-state index is 0.0540. The molecule has 25 heavy (non-hydrogen) atoms. The number of anilines is 1. The van der Waals surface area contributed by atoms with E-state index in [0.29, 0.717) is 11.3 Å². The zero-order valence-electron chi connectivity index (χ0n) is 14.9.